The first-order valence-electron chi connectivity index (χ1n) is 5.78. The molecule has 1 atom stereocenters. The standard InChI is InChI=1S/C14H15FO2S/c1-10(16)13-3-2-12(8-14(13)15)17-6-4-11-5-7-18-9-11/h2-3,5,7-10,16H,4,6H2,1H3/t10-/m1/s1. The third-order valence-corrected chi connectivity index (χ3v) is 3.39. The average molecular weight is 266 g/mol. The minimum atomic E-state index is -0.801. The molecule has 0 aliphatic carbocycles. The highest BCUT2D eigenvalue weighted by molar-refractivity contribution is 7.07. The Labute approximate surface area is 110 Å². The van der Waals surface area contributed by atoms with Gasteiger partial charge < -0.3 is 9.84 Å². The fourth-order valence-electron chi connectivity index (χ4n) is 1.66. The summed E-state index contributed by atoms with van der Waals surface area (Å²) in [6.45, 7) is 2.06. The highest BCUT2D eigenvalue weighted by atomic mass is 32.1. The lowest BCUT2D eigenvalue weighted by atomic mass is 10.1. The number of halogens is 1. The monoisotopic (exact) mass is 266 g/mol. The normalized spacial score (nSPS) is 12.4. The first-order valence-corrected chi connectivity index (χ1v) is 6.72. The first kappa shape index (κ1) is 13.1. The molecule has 0 saturated carbocycles. The summed E-state index contributed by atoms with van der Waals surface area (Å²) in [6.07, 6.45) is 0.00774. The number of aliphatic hydroxyl groups excluding tert-OH is 1. The lowest BCUT2D eigenvalue weighted by molar-refractivity contribution is 0.194. The summed E-state index contributed by atoms with van der Waals surface area (Å²) in [7, 11) is 0. The Hall–Kier alpha value is -1.39. The molecule has 0 amide bonds. The molecule has 1 N–H and O–H groups in total. The molecule has 0 aliphatic rings. The molecule has 18 heavy (non-hydrogen) atoms. The van der Waals surface area contributed by atoms with Crippen LogP contribution >= 0.6 is 11.3 Å². The Morgan fingerprint density at radius 3 is 2.83 bits per heavy atom. The molecule has 1 heterocycles. The molecule has 1 aromatic heterocycles. The van der Waals surface area contributed by atoms with E-state index in [1.807, 2.05) is 11.4 Å². The van der Waals surface area contributed by atoms with E-state index in [2.05, 4.69) is 5.38 Å². The van der Waals surface area contributed by atoms with Gasteiger partial charge in [0.15, 0.2) is 0 Å². The van der Waals surface area contributed by atoms with Crippen molar-refractivity contribution in [2.75, 3.05) is 6.61 Å². The highest BCUT2D eigenvalue weighted by Crippen LogP contribution is 2.21. The number of benzene rings is 1. The number of ether oxygens (including phenoxy) is 1. The molecule has 0 bridgehead atoms. The largest absolute Gasteiger partial charge is 0.493 e. The second-order valence-corrected chi connectivity index (χ2v) is 4.87. The maximum Gasteiger partial charge on any atom is 0.132 e. The van der Waals surface area contributed by atoms with Gasteiger partial charge in [0.05, 0.1) is 12.7 Å². The van der Waals surface area contributed by atoms with Crippen LogP contribution in [0.15, 0.2) is 35.0 Å². The summed E-state index contributed by atoms with van der Waals surface area (Å²) < 4.78 is 19.0. The fourth-order valence-corrected chi connectivity index (χ4v) is 2.36. The summed E-state index contributed by atoms with van der Waals surface area (Å²) in [5.41, 5.74) is 1.52. The SMILES string of the molecule is C[C@@H](O)c1ccc(OCCc2ccsc2)cc1F. The first-order chi connectivity index (χ1) is 8.66. The molecule has 4 heteroatoms. The molecule has 2 nitrogen and oxygen atoms in total. The lowest BCUT2D eigenvalue weighted by Crippen LogP contribution is -2.02. The number of hydrogen-bond donors (Lipinski definition) is 1. The zero-order chi connectivity index (χ0) is 13.0. The van der Waals surface area contributed by atoms with Gasteiger partial charge in [-0.05, 0) is 41.4 Å². The Balaban J connectivity index is 1.92. The topological polar surface area (TPSA) is 29.5 Å². The van der Waals surface area contributed by atoms with E-state index in [0.717, 1.165) is 6.42 Å². The summed E-state index contributed by atoms with van der Waals surface area (Å²) in [6, 6.07) is 6.60. The Morgan fingerprint density at radius 2 is 2.22 bits per heavy atom. The predicted molar refractivity (Wildman–Crippen MR) is 70.6 cm³/mol. The van der Waals surface area contributed by atoms with Crippen LogP contribution in [-0.2, 0) is 6.42 Å². The molecule has 1 aromatic carbocycles. The van der Waals surface area contributed by atoms with Crippen molar-refractivity contribution in [3.8, 4) is 5.75 Å². The maximum atomic E-state index is 13.6. The van der Waals surface area contributed by atoms with Crippen molar-refractivity contribution in [1.29, 1.82) is 0 Å². The Kier molecular flexibility index (Phi) is 4.33. The van der Waals surface area contributed by atoms with Gasteiger partial charge in [-0.3, -0.25) is 0 Å². The third-order valence-electron chi connectivity index (χ3n) is 2.66. The van der Waals surface area contributed by atoms with E-state index < -0.39 is 11.9 Å². The molecule has 2 rings (SSSR count). The van der Waals surface area contributed by atoms with Crippen molar-refractivity contribution >= 4 is 11.3 Å². The van der Waals surface area contributed by atoms with E-state index in [9.17, 15) is 9.50 Å². The predicted octanol–water partition coefficient (Wildman–Crippen LogP) is 3.56. The summed E-state index contributed by atoms with van der Waals surface area (Å²) in [5, 5.41) is 13.4. The van der Waals surface area contributed by atoms with Gasteiger partial charge in [0.25, 0.3) is 0 Å². The minimum Gasteiger partial charge on any atom is -0.493 e. The smallest absolute Gasteiger partial charge is 0.132 e. The summed E-state index contributed by atoms with van der Waals surface area (Å²) in [4.78, 5) is 0. The Morgan fingerprint density at radius 1 is 1.39 bits per heavy atom. The molecule has 0 fully saturated rings. The average Bonchev–Trinajstić information content (AvgIpc) is 2.81. The molecule has 96 valence electrons. The summed E-state index contributed by atoms with van der Waals surface area (Å²) in [5.74, 6) is 0.0603. The molecular weight excluding hydrogens is 251 g/mol. The van der Waals surface area contributed by atoms with Crippen LogP contribution in [-0.4, -0.2) is 11.7 Å². The molecule has 0 saturated heterocycles. The number of hydrogen-bond acceptors (Lipinski definition) is 3. The molecule has 0 aliphatic heterocycles. The van der Waals surface area contributed by atoms with Crippen LogP contribution in [0, 0.1) is 5.82 Å². The van der Waals surface area contributed by atoms with Gasteiger partial charge in [0.2, 0.25) is 0 Å². The van der Waals surface area contributed by atoms with Crippen molar-refractivity contribution in [2.24, 2.45) is 0 Å². The minimum absolute atomic E-state index is 0.292. The van der Waals surface area contributed by atoms with E-state index in [0.29, 0.717) is 17.9 Å². The quantitative estimate of drug-likeness (QED) is 0.896. The Bertz CT molecular complexity index is 495. The van der Waals surface area contributed by atoms with Crippen molar-refractivity contribution < 1.29 is 14.2 Å². The zero-order valence-corrected chi connectivity index (χ0v) is 10.9. The summed E-state index contributed by atoms with van der Waals surface area (Å²) >= 11 is 1.65. The molecule has 0 radical (unpaired) electrons. The van der Waals surface area contributed by atoms with Gasteiger partial charge in [-0.1, -0.05) is 0 Å². The van der Waals surface area contributed by atoms with Crippen LogP contribution < -0.4 is 4.74 Å². The van der Waals surface area contributed by atoms with E-state index in [-0.39, 0.29) is 0 Å². The van der Waals surface area contributed by atoms with Crippen molar-refractivity contribution in [3.05, 3.63) is 52.0 Å². The van der Waals surface area contributed by atoms with Gasteiger partial charge in [-0.15, -0.1) is 0 Å². The van der Waals surface area contributed by atoms with Crippen molar-refractivity contribution in [2.45, 2.75) is 19.4 Å². The van der Waals surface area contributed by atoms with Gasteiger partial charge in [-0.25, -0.2) is 4.39 Å². The van der Waals surface area contributed by atoms with Crippen LogP contribution in [0.3, 0.4) is 0 Å². The maximum absolute atomic E-state index is 13.6. The van der Waals surface area contributed by atoms with Crippen molar-refractivity contribution in [3.63, 3.8) is 0 Å². The van der Waals surface area contributed by atoms with Crippen LogP contribution in [0.25, 0.3) is 0 Å². The van der Waals surface area contributed by atoms with Gasteiger partial charge in [0.1, 0.15) is 11.6 Å². The lowest BCUT2D eigenvalue weighted by Gasteiger charge is -2.09. The van der Waals surface area contributed by atoms with Crippen LogP contribution in [0.5, 0.6) is 5.75 Å². The fraction of sp³-hybridized carbons (Fsp3) is 0.286. The molecule has 0 unspecified atom stereocenters. The molecule has 2 aromatic rings. The zero-order valence-electron chi connectivity index (χ0n) is 10.1. The molecular formula is C14H15FO2S. The van der Waals surface area contributed by atoms with Gasteiger partial charge >= 0.3 is 0 Å². The van der Waals surface area contributed by atoms with E-state index in [4.69, 9.17) is 4.74 Å². The van der Waals surface area contributed by atoms with E-state index >= 15 is 0 Å². The van der Waals surface area contributed by atoms with Gasteiger partial charge in [0, 0.05) is 18.1 Å². The van der Waals surface area contributed by atoms with Crippen molar-refractivity contribution in [1.82, 2.24) is 0 Å². The second kappa shape index (κ2) is 5.98. The van der Waals surface area contributed by atoms with Crippen LogP contribution in [0.4, 0.5) is 4.39 Å². The van der Waals surface area contributed by atoms with E-state index in [1.54, 1.807) is 23.5 Å². The third kappa shape index (κ3) is 3.31. The molecule has 0 spiro atoms. The number of aliphatic hydroxyl groups is 1. The van der Waals surface area contributed by atoms with Crippen LogP contribution in [0.2, 0.25) is 0 Å². The number of rotatable bonds is 5. The van der Waals surface area contributed by atoms with E-state index in [1.165, 1.54) is 18.6 Å². The van der Waals surface area contributed by atoms with Gasteiger partial charge in [-0.2, -0.15) is 11.3 Å². The second-order valence-electron chi connectivity index (χ2n) is 4.09. The highest BCUT2D eigenvalue weighted by Gasteiger charge is 2.08. The number of thiophene rings is 1. The van der Waals surface area contributed by atoms with Crippen LogP contribution in [0.1, 0.15) is 24.2 Å².